The van der Waals surface area contributed by atoms with Crippen LogP contribution < -0.4 is 11.3 Å². The van der Waals surface area contributed by atoms with Crippen LogP contribution >= 0.6 is 0 Å². The van der Waals surface area contributed by atoms with Crippen LogP contribution in [0.5, 0.6) is 0 Å². The van der Waals surface area contributed by atoms with E-state index >= 15 is 0 Å². The molecule has 1 aliphatic rings. The molecule has 0 aliphatic heterocycles. The van der Waals surface area contributed by atoms with Gasteiger partial charge in [-0.15, -0.1) is 0 Å². The number of hydrogen-bond donors (Lipinski definition) is 2. The quantitative estimate of drug-likeness (QED) is 0.605. The minimum absolute atomic E-state index is 0.353. The molecule has 0 radical (unpaired) electrons. The topological polar surface area (TPSA) is 63.8 Å². The molecule has 0 saturated heterocycles. The highest BCUT2D eigenvalue weighted by Gasteiger charge is 2.48. The molecule has 0 spiro atoms. The Hall–Kier alpha value is -1.16. The van der Waals surface area contributed by atoms with Crippen LogP contribution in [0, 0.1) is 12.3 Å². The number of nitrogen functional groups attached to an aromatic ring is 1. The van der Waals surface area contributed by atoms with Crippen molar-refractivity contribution in [3.8, 4) is 0 Å². The minimum Gasteiger partial charge on any atom is -0.308 e. The molecule has 1 aliphatic carbocycles. The molecule has 1 heterocycles. The van der Waals surface area contributed by atoms with E-state index in [1.165, 1.54) is 6.42 Å². The second-order valence-corrected chi connectivity index (χ2v) is 5.24. The lowest BCUT2D eigenvalue weighted by Crippen LogP contribution is -2.14. The van der Waals surface area contributed by atoms with Gasteiger partial charge in [-0.3, -0.25) is 0 Å². The van der Waals surface area contributed by atoms with Gasteiger partial charge in [0.05, 0.1) is 0 Å². The van der Waals surface area contributed by atoms with E-state index in [1.807, 2.05) is 6.92 Å². The third kappa shape index (κ3) is 1.78. The maximum Gasteiger partial charge on any atom is 0.147 e. The number of aromatic nitrogens is 2. The van der Waals surface area contributed by atoms with Gasteiger partial charge >= 0.3 is 0 Å². The molecule has 3 N–H and O–H groups in total. The first-order chi connectivity index (χ1) is 7.49. The molecule has 0 bridgehead atoms. The van der Waals surface area contributed by atoms with E-state index in [-0.39, 0.29) is 0 Å². The van der Waals surface area contributed by atoms with Crippen molar-refractivity contribution < 1.29 is 0 Å². The Morgan fingerprint density at radius 2 is 2.06 bits per heavy atom. The van der Waals surface area contributed by atoms with Gasteiger partial charge in [-0.1, -0.05) is 20.8 Å². The molecule has 2 rings (SSSR count). The van der Waals surface area contributed by atoms with E-state index < -0.39 is 0 Å². The van der Waals surface area contributed by atoms with Gasteiger partial charge in [-0.25, -0.2) is 15.8 Å². The number of nitrogens with two attached hydrogens (primary N) is 1. The highest BCUT2D eigenvalue weighted by Crippen LogP contribution is 2.57. The van der Waals surface area contributed by atoms with E-state index in [0.29, 0.717) is 11.3 Å². The molecule has 0 aromatic carbocycles. The Morgan fingerprint density at radius 1 is 1.44 bits per heavy atom. The zero-order valence-electron chi connectivity index (χ0n) is 10.5. The van der Waals surface area contributed by atoms with E-state index in [2.05, 4.69) is 36.2 Å². The molecule has 0 amide bonds. The maximum atomic E-state index is 5.51. The fourth-order valence-electron chi connectivity index (χ4n) is 2.22. The third-order valence-corrected chi connectivity index (χ3v) is 3.55. The number of hydrogen-bond acceptors (Lipinski definition) is 4. The van der Waals surface area contributed by atoms with E-state index in [4.69, 9.17) is 5.84 Å². The highest BCUT2D eigenvalue weighted by molar-refractivity contribution is 5.46. The van der Waals surface area contributed by atoms with Crippen LogP contribution in [0.3, 0.4) is 0 Å². The zero-order valence-corrected chi connectivity index (χ0v) is 10.5. The van der Waals surface area contributed by atoms with Crippen LogP contribution in [0.15, 0.2) is 0 Å². The van der Waals surface area contributed by atoms with Gasteiger partial charge in [-0.2, -0.15) is 0 Å². The second-order valence-electron chi connectivity index (χ2n) is 5.24. The van der Waals surface area contributed by atoms with E-state index in [9.17, 15) is 0 Å². The summed E-state index contributed by atoms with van der Waals surface area (Å²) in [6.07, 6.45) is 2.07. The molecule has 1 unspecified atom stereocenters. The smallest absolute Gasteiger partial charge is 0.147 e. The van der Waals surface area contributed by atoms with Gasteiger partial charge < -0.3 is 5.43 Å². The summed E-state index contributed by atoms with van der Waals surface area (Å²) in [7, 11) is 0. The van der Waals surface area contributed by atoms with Crippen molar-refractivity contribution in [2.75, 3.05) is 5.43 Å². The molecule has 1 aromatic rings. The molecule has 4 heteroatoms. The Bertz CT molecular complexity index is 412. The molecule has 1 saturated carbocycles. The molecular weight excluding hydrogens is 200 g/mol. The van der Waals surface area contributed by atoms with Crippen LogP contribution in [-0.4, -0.2) is 9.97 Å². The average molecular weight is 220 g/mol. The first kappa shape index (κ1) is 11.3. The van der Waals surface area contributed by atoms with Crippen LogP contribution in [0.1, 0.15) is 50.2 Å². The lowest BCUT2D eigenvalue weighted by Gasteiger charge is -2.11. The van der Waals surface area contributed by atoms with Crippen molar-refractivity contribution in [3.05, 3.63) is 17.1 Å². The summed E-state index contributed by atoms with van der Waals surface area (Å²) in [5, 5.41) is 0. The summed E-state index contributed by atoms with van der Waals surface area (Å²) in [6.45, 7) is 8.62. The average Bonchev–Trinajstić information content (AvgIpc) is 2.86. The third-order valence-electron chi connectivity index (χ3n) is 3.55. The van der Waals surface area contributed by atoms with E-state index in [1.54, 1.807) is 0 Å². The van der Waals surface area contributed by atoms with Crippen molar-refractivity contribution >= 4 is 5.82 Å². The molecule has 4 nitrogen and oxygen atoms in total. The highest BCUT2D eigenvalue weighted by atomic mass is 15.3. The van der Waals surface area contributed by atoms with Gasteiger partial charge in [0.25, 0.3) is 0 Å². The second kappa shape index (κ2) is 3.70. The zero-order chi connectivity index (χ0) is 11.9. The maximum absolute atomic E-state index is 5.51. The minimum atomic E-state index is 0.353. The number of aryl methyl sites for hydroxylation is 1. The van der Waals surface area contributed by atoms with Crippen molar-refractivity contribution in [3.63, 3.8) is 0 Å². The first-order valence-electron chi connectivity index (χ1n) is 5.83. The van der Waals surface area contributed by atoms with Crippen LogP contribution in [0.2, 0.25) is 0 Å². The number of nitrogens with one attached hydrogen (secondary N) is 1. The summed E-state index contributed by atoms with van der Waals surface area (Å²) in [5.74, 6) is 7.72. The standard InChI is InChI=1S/C12H20N4/c1-5-8-7(2)14-11(15-10(8)16-13)9-6-12(9,3)4/h9H,5-6,13H2,1-4H3,(H,14,15,16). The van der Waals surface area contributed by atoms with Gasteiger partial charge in [0.15, 0.2) is 0 Å². The van der Waals surface area contributed by atoms with Crippen molar-refractivity contribution in [1.82, 2.24) is 9.97 Å². The predicted molar refractivity (Wildman–Crippen MR) is 65.1 cm³/mol. The number of anilines is 1. The van der Waals surface area contributed by atoms with Crippen LogP contribution in [-0.2, 0) is 6.42 Å². The molecule has 1 fully saturated rings. The number of hydrazine groups is 1. The van der Waals surface area contributed by atoms with Crippen LogP contribution in [0.25, 0.3) is 0 Å². The Labute approximate surface area is 96.6 Å². The predicted octanol–water partition coefficient (Wildman–Crippen LogP) is 2.15. The first-order valence-corrected chi connectivity index (χ1v) is 5.83. The van der Waals surface area contributed by atoms with Crippen LogP contribution in [0.4, 0.5) is 5.82 Å². The summed E-state index contributed by atoms with van der Waals surface area (Å²) in [5.41, 5.74) is 5.20. The lowest BCUT2D eigenvalue weighted by molar-refractivity contribution is 0.607. The Balaban J connectivity index is 2.39. The molecule has 88 valence electrons. The Kier molecular flexibility index (Phi) is 2.62. The lowest BCUT2D eigenvalue weighted by atomic mass is 10.1. The van der Waals surface area contributed by atoms with Crippen molar-refractivity contribution in [1.29, 1.82) is 0 Å². The van der Waals surface area contributed by atoms with Gasteiger partial charge in [0.1, 0.15) is 11.6 Å². The fourth-order valence-corrected chi connectivity index (χ4v) is 2.22. The molecule has 1 atom stereocenters. The molecular formula is C12H20N4. The Morgan fingerprint density at radius 3 is 2.50 bits per heavy atom. The largest absolute Gasteiger partial charge is 0.308 e. The SMILES string of the molecule is CCc1c(C)nc(C2CC2(C)C)nc1NN. The van der Waals surface area contributed by atoms with E-state index in [0.717, 1.165) is 29.3 Å². The summed E-state index contributed by atoms with van der Waals surface area (Å²) >= 11 is 0. The van der Waals surface area contributed by atoms with Crippen molar-refractivity contribution in [2.24, 2.45) is 11.3 Å². The normalized spacial score (nSPS) is 21.9. The molecule has 16 heavy (non-hydrogen) atoms. The monoisotopic (exact) mass is 220 g/mol. The van der Waals surface area contributed by atoms with Gasteiger partial charge in [0.2, 0.25) is 0 Å². The van der Waals surface area contributed by atoms with Gasteiger partial charge in [-0.05, 0) is 25.2 Å². The summed E-state index contributed by atoms with van der Waals surface area (Å²) in [6, 6.07) is 0. The fraction of sp³-hybridized carbons (Fsp3) is 0.667. The number of rotatable bonds is 3. The molecule has 1 aromatic heterocycles. The summed E-state index contributed by atoms with van der Waals surface area (Å²) in [4.78, 5) is 9.14. The number of nitrogens with zero attached hydrogens (tertiary/aromatic N) is 2. The summed E-state index contributed by atoms with van der Waals surface area (Å²) < 4.78 is 0. The van der Waals surface area contributed by atoms with Gasteiger partial charge in [0, 0.05) is 17.2 Å². The van der Waals surface area contributed by atoms with Crippen molar-refractivity contribution in [2.45, 2.75) is 46.5 Å².